The third-order valence-corrected chi connectivity index (χ3v) is 4.59. The van der Waals surface area contributed by atoms with E-state index in [0.717, 1.165) is 44.9 Å². The quantitative estimate of drug-likeness (QED) is 0.260. The first-order valence-electron chi connectivity index (χ1n) is 9.63. The first kappa shape index (κ1) is 19.0. The van der Waals surface area contributed by atoms with Crippen molar-refractivity contribution in [3.63, 3.8) is 0 Å². The minimum absolute atomic E-state index is 0.166. The maximum Gasteiger partial charge on any atom is 0.220 e. The number of nitrogens with one attached hydrogen (secondary N) is 3. The lowest BCUT2D eigenvalue weighted by molar-refractivity contribution is -0.121. The van der Waals surface area contributed by atoms with Crippen LogP contribution in [0.1, 0.15) is 64.2 Å². The van der Waals surface area contributed by atoms with Gasteiger partial charge in [0.05, 0.1) is 12.7 Å². The average Bonchev–Trinajstić information content (AvgIpc) is 3.41. The van der Waals surface area contributed by atoms with E-state index in [1.54, 1.807) is 7.05 Å². The maximum atomic E-state index is 11.6. The van der Waals surface area contributed by atoms with Gasteiger partial charge in [0.1, 0.15) is 0 Å². The first-order valence-corrected chi connectivity index (χ1v) is 9.63. The number of ether oxygens (including phenoxy) is 1. The lowest BCUT2D eigenvalue weighted by Crippen LogP contribution is -2.40. The molecule has 0 aromatic rings. The van der Waals surface area contributed by atoms with E-state index < -0.39 is 0 Å². The SMILES string of the molecule is CN=C(NCCCC(=O)NC1CC1)NCCOC1CCCCCC1. The maximum absolute atomic E-state index is 11.6. The molecule has 2 aliphatic rings. The van der Waals surface area contributed by atoms with Crippen molar-refractivity contribution in [1.29, 1.82) is 0 Å². The zero-order valence-electron chi connectivity index (χ0n) is 15.1. The van der Waals surface area contributed by atoms with Gasteiger partial charge in [0.2, 0.25) is 5.91 Å². The van der Waals surface area contributed by atoms with Crippen LogP contribution in [0.15, 0.2) is 4.99 Å². The number of hydrogen-bond donors (Lipinski definition) is 3. The molecular formula is C18H34N4O2. The van der Waals surface area contributed by atoms with E-state index >= 15 is 0 Å². The van der Waals surface area contributed by atoms with E-state index in [1.807, 2.05) is 0 Å². The van der Waals surface area contributed by atoms with Gasteiger partial charge in [-0.2, -0.15) is 0 Å². The van der Waals surface area contributed by atoms with E-state index in [0.29, 0.717) is 18.6 Å². The number of nitrogens with zero attached hydrogens (tertiary/aromatic N) is 1. The Kier molecular flexibility index (Phi) is 8.95. The fraction of sp³-hybridized carbons (Fsp3) is 0.889. The number of guanidine groups is 1. The van der Waals surface area contributed by atoms with Crippen molar-refractivity contribution in [3.05, 3.63) is 0 Å². The highest BCUT2D eigenvalue weighted by Gasteiger charge is 2.22. The Morgan fingerprint density at radius 2 is 1.75 bits per heavy atom. The van der Waals surface area contributed by atoms with Crippen LogP contribution in [0.4, 0.5) is 0 Å². The molecule has 0 bridgehead atoms. The largest absolute Gasteiger partial charge is 0.376 e. The van der Waals surface area contributed by atoms with Gasteiger partial charge in [-0.1, -0.05) is 25.7 Å². The Hall–Kier alpha value is -1.30. The predicted octanol–water partition coefficient (Wildman–Crippen LogP) is 1.95. The highest BCUT2D eigenvalue weighted by atomic mass is 16.5. The van der Waals surface area contributed by atoms with Gasteiger partial charge in [-0.25, -0.2) is 0 Å². The van der Waals surface area contributed by atoms with E-state index in [2.05, 4.69) is 20.9 Å². The molecule has 2 aliphatic carbocycles. The third kappa shape index (κ3) is 8.52. The van der Waals surface area contributed by atoms with Crippen LogP contribution in [0.2, 0.25) is 0 Å². The van der Waals surface area contributed by atoms with Gasteiger partial charge in [0.25, 0.3) is 0 Å². The fourth-order valence-electron chi connectivity index (χ4n) is 3.01. The first-order chi connectivity index (χ1) is 11.8. The molecule has 2 rings (SSSR count). The molecule has 0 atom stereocenters. The van der Waals surface area contributed by atoms with E-state index in [4.69, 9.17) is 4.74 Å². The molecule has 2 fully saturated rings. The molecule has 0 saturated heterocycles. The van der Waals surface area contributed by atoms with Crippen LogP contribution >= 0.6 is 0 Å². The van der Waals surface area contributed by atoms with Crippen molar-refractivity contribution >= 4 is 11.9 Å². The summed E-state index contributed by atoms with van der Waals surface area (Å²) in [5.41, 5.74) is 0. The van der Waals surface area contributed by atoms with Crippen LogP contribution in [0.3, 0.4) is 0 Å². The monoisotopic (exact) mass is 338 g/mol. The molecule has 6 nitrogen and oxygen atoms in total. The highest BCUT2D eigenvalue weighted by molar-refractivity contribution is 5.79. The Labute approximate surface area is 146 Å². The van der Waals surface area contributed by atoms with Crippen LogP contribution in [0, 0.1) is 0 Å². The average molecular weight is 338 g/mol. The zero-order valence-corrected chi connectivity index (χ0v) is 15.1. The summed E-state index contributed by atoms with van der Waals surface area (Å²) in [6.07, 6.45) is 11.8. The number of hydrogen-bond acceptors (Lipinski definition) is 3. The number of rotatable bonds is 9. The normalized spacial score (nSPS) is 19.6. The Morgan fingerprint density at radius 1 is 1.04 bits per heavy atom. The van der Waals surface area contributed by atoms with Crippen LogP contribution in [0.5, 0.6) is 0 Å². The Bertz CT molecular complexity index is 388. The van der Waals surface area contributed by atoms with Gasteiger partial charge < -0.3 is 20.7 Å². The molecule has 0 unspecified atom stereocenters. The van der Waals surface area contributed by atoms with Gasteiger partial charge in [-0.15, -0.1) is 0 Å². The zero-order chi connectivity index (χ0) is 17.0. The van der Waals surface area contributed by atoms with Gasteiger partial charge >= 0.3 is 0 Å². The molecule has 0 heterocycles. The molecule has 6 heteroatoms. The number of amides is 1. The van der Waals surface area contributed by atoms with Crippen LogP contribution in [-0.4, -0.2) is 50.8 Å². The minimum atomic E-state index is 0.166. The molecule has 24 heavy (non-hydrogen) atoms. The molecule has 0 aromatic heterocycles. The summed E-state index contributed by atoms with van der Waals surface area (Å²) < 4.78 is 5.96. The van der Waals surface area contributed by atoms with Crippen LogP contribution < -0.4 is 16.0 Å². The lowest BCUT2D eigenvalue weighted by Gasteiger charge is -2.16. The van der Waals surface area contributed by atoms with E-state index in [9.17, 15) is 4.79 Å². The van der Waals surface area contributed by atoms with Crippen LogP contribution in [-0.2, 0) is 9.53 Å². The molecular weight excluding hydrogens is 304 g/mol. The summed E-state index contributed by atoms with van der Waals surface area (Å²) in [7, 11) is 1.77. The summed E-state index contributed by atoms with van der Waals surface area (Å²) in [4.78, 5) is 15.8. The molecule has 2 saturated carbocycles. The van der Waals surface area contributed by atoms with Crippen LogP contribution in [0.25, 0.3) is 0 Å². The summed E-state index contributed by atoms with van der Waals surface area (Å²) >= 11 is 0. The fourth-order valence-corrected chi connectivity index (χ4v) is 3.01. The Balaban J connectivity index is 1.46. The third-order valence-electron chi connectivity index (χ3n) is 4.59. The second-order valence-corrected chi connectivity index (χ2v) is 6.86. The second-order valence-electron chi connectivity index (χ2n) is 6.86. The Morgan fingerprint density at radius 3 is 2.42 bits per heavy atom. The van der Waals surface area contributed by atoms with Crippen molar-refractivity contribution in [2.75, 3.05) is 26.7 Å². The lowest BCUT2D eigenvalue weighted by atomic mass is 10.1. The van der Waals surface area contributed by atoms with Gasteiger partial charge in [-0.3, -0.25) is 9.79 Å². The standard InChI is InChI=1S/C18H34N4O2/c1-19-18(20-12-6-9-17(23)22-15-10-11-15)21-13-14-24-16-7-4-2-3-5-8-16/h15-16H,2-14H2,1H3,(H,22,23)(H2,19,20,21). The summed E-state index contributed by atoms with van der Waals surface area (Å²) in [5, 5.41) is 9.52. The molecule has 1 amide bonds. The molecule has 0 aliphatic heterocycles. The van der Waals surface area contributed by atoms with Crippen molar-refractivity contribution < 1.29 is 9.53 Å². The topological polar surface area (TPSA) is 74.8 Å². The van der Waals surface area contributed by atoms with E-state index in [-0.39, 0.29) is 5.91 Å². The predicted molar refractivity (Wildman–Crippen MR) is 97.2 cm³/mol. The van der Waals surface area contributed by atoms with Crippen molar-refractivity contribution in [3.8, 4) is 0 Å². The summed E-state index contributed by atoms with van der Waals surface area (Å²) in [5.74, 6) is 0.945. The summed E-state index contributed by atoms with van der Waals surface area (Å²) in [6, 6.07) is 0.452. The van der Waals surface area contributed by atoms with Gasteiger partial charge in [-0.05, 0) is 32.1 Å². The van der Waals surface area contributed by atoms with Crippen molar-refractivity contribution in [1.82, 2.24) is 16.0 Å². The summed E-state index contributed by atoms with van der Waals surface area (Å²) in [6.45, 7) is 2.23. The van der Waals surface area contributed by atoms with Crippen molar-refractivity contribution in [2.24, 2.45) is 4.99 Å². The molecule has 138 valence electrons. The van der Waals surface area contributed by atoms with Gasteiger partial charge in [0, 0.05) is 32.6 Å². The molecule has 0 aromatic carbocycles. The molecule has 0 radical (unpaired) electrons. The second kappa shape index (κ2) is 11.3. The minimum Gasteiger partial charge on any atom is -0.376 e. The smallest absolute Gasteiger partial charge is 0.220 e. The van der Waals surface area contributed by atoms with E-state index in [1.165, 1.54) is 38.5 Å². The van der Waals surface area contributed by atoms with Crippen molar-refractivity contribution in [2.45, 2.75) is 76.4 Å². The number of carbonyl (C=O) groups excluding carboxylic acids is 1. The van der Waals surface area contributed by atoms with Gasteiger partial charge in [0.15, 0.2) is 5.96 Å². The molecule has 0 spiro atoms. The highest BCUT2D eigenvalue weighted by Crippen LogP contribution is 2.19. The molecule has 3 N–H and O–H groups in total. The number of carbonyl (C=O) groups is 1. The number of aliphatic imine (C=N–C) groups is 1.